The number of H-pyrrole nitrogens is 1. The van der Waals surface area contributed by atoms with Crippen LogP contribution in [0.3, 0.4) is 0 Å². The third kappa shape index (κ3) is 3.08. The van der Waals surface area contributed by atoms with Crippen LogP contribution in [0, 0.1) is 11.6 Å². The van der Waals surface area contributed by atoms with E-state index in [1.807, 2.05) is 25.1 Å². The molecule has 0 fully saturated rings. The lowest BCUT2D eigenvalue weighted by Crippen LogP contribution is -2.02. The molecule has 0 unspecified atom stereocenters. The van der Waals surface area contributed by atoms with Crippen LogP contribution >= 0.6 is 12.2 Å². The van der Waals surface area contributed by atoms with Gasteiger partial charge in [-0.15, -0.1) is 0 Å². The summed E-state index contributed by atoms with van der Waals surface area (Å²) in [5, 5.41) is 0. The van der Waals surface area contributed by atoms with Crippen LogP contribution in [0.4, 0.5) is 0 Å². The van der Waals surface area contributed by atoms with Gasteiger partial charge in [0.05, 0.1) is 14.2 Å². The van der Waals surface area contributed by atoms with E-state index in [1.165, 1.54) is 0 Å². The Morgan fingerprint density at radius 3 is 2.33 bits per heavy atom. The minimum absolute atomic E-state index is 0.348. The van der Waals surface area contributed by atoms with Crippen molar-refractivity contribution in [1.82, 2.24) is 9.97 Å². The molecule has 0 radical (unpaired) electrons. The van der Waals surface area contributed by atoms with Crippen molar-refractivity contribution in [2.24, 2.45) is 0 Å². The molecule has 0 aliphatic carbocycles. The topological polar surface area (TPSA) is 47.1 Å². The predicted molar refractivity (Wildman–Crippen MR) is 86.8 cm³/mol. The Morgan fingerprint density at radius 1 is 1.14 bits per heavy atom. The molecule has 5 heteroatoms. The molecule has 2 aromatic rings. The van der Waals surface area contributed by atoms with Crippen molar-refractivity contribution in [3.8, 4) is 22.9 Å². The number of aromatic amines is 1. The van der Waals surface area contributed by atoms with E-state index in [0.29, 0.717) is 22.1 Å². The highest BCUT2D eigenvalue weighted by atomic mass is 32.1. The van der Waals surface area contributed by atoms with Crippen molar-refractivity contribution in [1.29, 1.82) is 0 Å². The molecule has 4 nitrogen and oxygen atoms in total. The number of rotatable bonds is 4. The first kappa shape index (κ1) is 15.5. The Labute approximate surface area is 130 Å². The fourth-order valence-electron chi connectivity index (χ4n) is 2.40. The van der Waals surface area contributed by atoms with Gasteiger partial charge in [0.25, 0.3) is 0 Å². The SMILES string of the molecule is COc1ccc(-c2nc(=S)c(C(C)C)c(C)[nH]2)cc1OC. The maximum absolute atomic E-state index is 5.43. The molecule has 0 bridgehead atoms. The Hall–Kier alpha value is -1.88. The average molecular weight is 304 g/mol. The second-order valence-corrected chi connectivity index (χ2v) is 5.54. The maximum Gasteiger partial charge on any atom is 0.161 e. The summed E-state index contributed by atoms with van der Waals surface area (Å²) in [6, 6.07) is 5.68. The molecule has 0 spiro atoms. The number of hydrogen-bond donors (Lipinski definition) is 1. The van der Waals surface area contributed by atoms with Crippen LogP contribution in [0.15, 0.2) is 18.2 Å². The minimum Gasteiger partial charge on any atom is -0.493 e. The first-order chi connectivity index (χ1) is 9.97. The molecule has 0 saturated heterocycles. The van der Waals surface area contributed by atoms with Gasteiger partial charge in [-0.25, -0.2) is 4.98 Å². The zero-order valence-electron chi connectivity index (χ0n) is 13.0. The normalized spacial score (nSPS) is 10.8. The van der Waals surface area contributed by atoms with Crippen LogP contribution in [0.25, 0.3) is 11.4 Å². The molecule has 0 amide bonds. The number of nitrogens with one attached hydrogen (secondary N) is 1. The van der Waals surface area contributed by atoms with Gasteiger partial charge in [0.2, 0.25) is 0 Å². The minimum atomic E-state index is 0.348. The summed E-state index contributed by atoms with van der Waals surface area (Å²) in [4.78, 5) is 7.85. The lowest BCUT2D eigenvalue weighted by molar-refractivity contribution is 0.355. The lowest BCUT2D eigenvalue weighted by Gasteiger charge is -2.13. The molecular formula is C16H20N2O2S. The van der Waals surface area contributed by atoms with E-state index in [4.69, 9.17) is 21.7 Å². The van der Waals surface area contributed by atoms with Gasteiger partial charge in [-0.3, -0.25) is 0 Å². The Kier molecular flexibility index (Phi) is 4.63. The van der Waals surface area contributed by atoms with E-state index in [1.54, 1.807) is 14.2 Å². The summed E-state index contributed by atoms with van der Waals surface area (Å²) in [6.45, 7) is 6.25. The monoisotopic (exact) mass is 304 g/mol. The van der Waals surface area contributed by atoms with Crippen LogP contribution in [-0.4, -0.2) is 24.2 Å². The third-order valence-electron chi connectivity index (χ3n) is 3.39. The van der Waals surface area contributed by atoms with Crippen LogP contribution in [0.2, 0.25) is 0 Å². The number of aryl methyl sites for hydroxylation is 1. The van der Waals surface area contributed by atoms with E-state index in [0.717, 1.165) is 22.6 Å². The Morgan fingerprint density at radius 2 is 1.81 bits per heavy atom. The van der Waals surface area contributed by atoms with Crippen molar-refractivity contribution in [3.05, 3.63) is 34.1 Å². The molecule has 0 atom stereocenters. The maximum atomic E-state index is 5.43. The molecule has 21 heavy (non-hydrogen) atoms. The molecule has 1 aromatic carbocycles. The summed E-state index contributed by atoms with van der Waals surface area (Å²) in [6.07, 6.45) is 0. The third-order valence-corrected chi connectivity index (χ3v) is 3.70. The average Bonchev–Trinajstić information content (AvgIpc) is 2.45. The smallest absolute Gasteiger partial charge is 0.161 e. The second kappa shape index (κ2) is 6.26. The lowest BCUT2D eigenvalue weighted by atomic mass is 10.0. The van der Waals surface area contributed by atoms with Gasteiger partial charge in [0.1, 0.15) is 10.5 Å². The molecule has 2 rings (SSSR count). The first-order valence-corrected chi connectivity index (χ1v) is 7.22. The highest BCUT2D eigenvalue weighted by Crippen LogP contribution is 2.31. The summed E-state index contributed by atoms with van der Waals surface area (Å²) in [7, 11) is 3.23. The molecule has 1 heterocycles. The van der Waals surface area contributed by atoms with E-state index in [2.05, 4.69) is 23.8 Å². The van der Waals surface area contributed by atoms with Crippen molar-refractivity contribution in [2.45, 2.75) is 26.7 Å². The zero-order chi connectivity index (χ0) is 15.6. The molecule has 0 aliphatic rings. The van der Waals surface area contributed by atoms with Gasteiger partial charge < -0.3 is 14.5 Å². The van der Waals surface area contributed by atoms with Crippen molar-refractivity contribution < 1.29 is 9.47 Å². The fourth-order valence-corrected chi connectivity index (χ4v) is 2.88. The molecule has 0 saturated carbocycles. The highest BCUT2D eigenvalue weighted by molar-refractivity contribution is 7.71. The zero-order valence-corrected chi connectivity index (χ0v) is 13.8. The number of aromatic nitrogens is 2. The van der Waals surface area contributed by atoms with Crippen LogP contribution in [0.5, 0.6) is 11.5 Å². The number of hydrogen-bond acceptors (Lipinski definition) is 4. The predicted octanol–water partition coefficient (Wildman–Crippen LogP) is 4.26. The standard InChI is InChI=1S/C16H20N2O2S/c1-9(2)14-10(3)17-15(18-16(14)21)11-6-7-12(19-4)13(8-11)20-5/h6-9H,1-5H3,(H,17,18,21). The number of ether oxygens (including phenoxy) is 2. The van der Waals surface area contributed by atoms with Crippen molar-refractivity contribution >= 4 is 12.2 Å². The highest BCUT2D eigenvalue weighted by Gasteiger charge is 2.12. The summed E-state index contributed by atoms with van der Waals surface area (Å²) >= 11 is 5.43. The van der Waals surface area contributed by atoms with E-state index >= 15 is 0 Å². The van der Waals surface area contributed by atoms with Crippen LogP contribution in [-0.2, 0) is 0 Å². The molecule has 1 N–H and O–H groups in total. The van der Waals surface area contributed by atoms with Crippen LogP contribution < -0.4 is 9.47 Å². The van der Waals surface area contributed by atoms with Gasteiger partial charge in [-0.1, -0.05) is 26.1 Å². The number of methoxy groups -OCH3 is 2. The molecule has 0 aliphatic heterocycles. The Bertz CT molecular complexity index is 708. The number of nitrogens with zero attached hydrogens (tertiary/aromatic N) is 1. The summed E-state index contributed by atoms with van der Waals surface area (Å²) in [5.74, 6) is 2.45. The largest absolute Gasteiger partial charge is 0.493 e. The van der Waals surface area contributed by atoms with Crippen LogP contribution in [0.1, 0.15) is 31.0 Å². The van der Waals surface area contributed by atoms with Crippen molar-refractivity contribution in [3.63, 3.8) is 0 Å². The van der Waals surface area contributed by atoms with Gasteiger partial charge in [-0.05, 0) is 31.0 Å². The quantitative estimate of drug-likeness (QED) is 0.858. The van der Waals surface area contributed by atoms with Gasteiger partial charge in [-0.2, -0.15) is 0 Å². The Balaban J connectivity index is 2.55. The fraction of sp³-hybridized carbons (Fsp3) is 0.375. The second-order valence-electron chi connectivity index (χ2n) is 5.15. The van der Waals surface area contributed by atoms with Gasteiger partial charge in [0.15, 0.2) is 11.5 Å². The van der Waals surface area contributed by atoms with E-state index < -0.39 is 0 Å². The summed E-state index contributed by atoms with van der Waals surface area (Å²) in [5.41, 5.74) is 3.06. The van der Waals surface area contributed by atoms with Gasteiger partial charge >= 0.3 is 0 Å². The molecular weight excluding hydrogens is 284 g/mol. The van der Waals surface area contributed by atoms with E-state index in [9.17, 15) is 0 Å². The van der Waals surface area contributed by atoms with Crippen molar-refractivity contribution in [2.75, 3.05) is 14.2 Å². The van der Waals surface area contributed by atoms with E-state index in [-0.39, 0.29) is 0 Å². The first-order valence-electron chi connectivity index (χ1n) is 6.81. The summed E-state index contributed by atoms with van der Waals surface area (Å²) < 4.78 is 11.2. The molecule has 112 valence electrons. The van der Waals surface area contributed by atoms with Gasteiger partial charge in [0, 0.05) is 16.8 Å². The molecule has 1 aromatic heterocycles. The number of benzene rings is 1.